The molecule has 4 heterocycles. The molecule has 2 aliphatic heterocycles. The average Bonchev–Trinajstić information content (AvgIpc) is 3.39. The molecule has 26 heavy (non-hydrogen) atoms. The molecule has 6 nitrogen and oxygen atoms in total. The van der Waals surface area contributed by atoms with E-state index < -0.39 is 0 Å². The molecule has 0 spiro atoms. The maximum Gasteiger partial charge on any atom is 0.150 e. The predicted molar refractivity (Wildman–Crippen MR) is 97.6 cm³/mol. The van der Waals surface area contributed by atoms with Crippen LogP contribution in [-0.4, -0.2) is 40.5 Å². The van der Waals surface area contributed by atoms with Crippen molar-refractivity contribution in [1.29, 1.82) is 0 Å². The number of hydrogen-bond acceptors (Lipinski definition) is 5. The van der Waals surface area contributed by atoms with Crippen LogP contribution in [0.25, 0.3) is 0 Å². The molecule has 0 radical (unpaired) electrons. The van der Waals surface area contributed by atoms with Crippen molar-refractivity contribution in [2.45, 2.75) is 64.4 Å². The highest BCUT2D eigenvalue weighted by atomic mass is 16.5. The minimum Gasteiger partial charge on any atom is -0.465 e. The standard InChI is InChI=1S/C20H29N3O3/c1-16-7-8-19(26-16)15-22(14-18-5-4-12-24-18)13-17-9-10-21-23(17)20-6-2-3-11-25-20/h7-10,18,20H,2-6,11-15H2,1H3. The van der Waals surface area contributed by atoms with Gasteiger partial charge < -0.3 is 13.9 Å². The topological polar surface area (TPSA) is 52.7 Å². The van der Waals surface area contributed by atoms with E-state index in [9.17, 15) is 0 Å². The Hall–Kier alpha value is -1.63. The van der Waals surface area contributed by atoms with Gasteiger partial charge in [-0.25, -0.2) is 4.68 Å². The smallest absolute Gasteiger partial charge is 0.150 e. The molecular weight excluding hydrogens is 330 g/mol. The highest BCUT2D eigenvalue weighted by Gasteiger charge is 2.23. The number of hydrogen-bond donors (Lipinski definition) is 0. The minimum atomic E-state index is 0.0733. The molecule has 0 amide bonds. The van der Waals surface area contributed by atoms with Gasteiger partial charge in [-0.05, 0) is 57.2 Å². The van der Waals surface area contributed by atoms with Crippen molar-refractivity contribution in [3.05, 3.63) is 41.6 Å². The summed E-state index contributed by atoms with van der Waals surface area (Å²) in [5.74, 6) is 1.96. The first-order valence-corrected chi connectivity index (χ1v) is 9.81. The average molecular weight is 359 g/mol. The van der Waals surface area contributed by atoms with E-state index >= 15 is 0 Å². The van der Waals surface area contributed by atoms with Crippen molar-refractivity contribution in [2.24, 2.45) is 0 Å². The van der Waals surface area contributed by atoms with Gasteiger partial charge in [0.25, 0.3) is 0 Å². The molecule has 2 unspecified atom stereocenters. The van der Waals surface area contributed by atoms with Crippen molar-refractivity contribution in [2.75, 3.05) is 19.8 Å². The van der Waals surface area contributed by atoms with Crippen LogP contribution in [-0.2, 0) is 22.6 Å². The highest BCUT2D eigenvalue weighted by molar-refractivity contribution is 5.07. The first-order chi connectivity index (χ1) is 12.8. The molecule has 2 aromatic rings. The molecule has 2 aliphatic rings. The molecule has 0 bridgehead atoms. The third kappa shape index (κ3) is 4.37. The Morgan fingerprint density at radius 3 is 2.73 bits per heavy atom. The van der Waals surface area contributed by atoms with Gasteiger partial charge in [0, 0.05) is 32.5 Å². The highest BCUT2D eigenvalue weighted by Crippen LogP contribution is 2.24. The lowest BCUT2D eigenvalue weighted by atomic mass is 10.2. The summed E-state index contributed by atoms with van der Waals surface area (Å²) in [5.41, 5.74) is 1.19. The Kier molecular flexibility index (Phi) is 5.72. The fraction of sp³-hybridized carbons (Fsp3) is 0.650. The second-order valence-electron chi connectivity index (χ2n) is 7.41. The summed E-state index contributed by atoms with van der Waals surface area (Å²) in [7, 11) is 0. The zero-order valence-corrected chi connectivity index (χ0v) is 15.6. The maximum atomic E-state index is 5.94. The molecule has 2 fully saturated rings. The van der Waals surface area contributed by atoms with Gasteiger partial charge in [0.1, 0.15) is 11.5 Å². The van der Waals surface area contributed by atoms with E-state index in [-0.39, 0.29) is 6.23 Å². The predicted octanol–water partition coefficient (Wildman–Crippen LogP) is 3.66. The summed E-state index contributed by atoms with van der Waals surface area (Å²) >= 11 is 0. The Bertz CT molecular complexity index is 684. The van der Waals surface area contributed by atoms with Gasteiger partial charge in [0.05, 0.1) is 18.3 Å². The minimum absolute atomic E-state index is 0.0733. The van der Waals surface area contributed by atoms with Gasteiger partial charge in [-0.2, -0.15) is 5.10 Å². The zero-order chi connectivity index (χ0) is 17.8. The second-order valence-corrected chi connectivity index (χ2v) is 7.41. The van der Waals surface area contributed by atoms with E-state index in [1.54, 1.807) is 0 Å². The monoisotopic (exact) mass is 359 g/mol. The number of nitrogens with zero attached hydrogens (tertiary/aromatic N) is 3. The Morgan fingerprint density at radius 2 is 2.00 bits per heavy atom. The quantitative estimate of drug-likeness (QED) is 0.755. The molecule has 0 aromatic carbocycles. The van der Waals surface area contributed by atoms with Gasteiger partial charge >= 0.3 is 0 Å². The molecule has 2 saturated heterocycles. The van der Waals surface area contributed by atoms with E-state index in [1.165, 1.54) is 12.1 Å². The lowest BCUT2D eigenvalue weighted by molar-refractivity contribution is -0.0425. The summed E-state index contributed by atoms with van der Waals surface area (Å²) in [4.78, 5) is 2.41. The van der Waals surface area contributed by atoms with E-state index in [2.05, 4.69) is 26.8 Å². The first kappa shape index (κ1) is 17.8. The van der Waals surface area contributed by atoms with Crippen LogP contribution < -0.4 is 0 Å². The lowest BCUT2D eigenvalue weighted by Crippen LogP contribution is -2.33. The number of aryl methyl sites for hydroxylation is 1. The van der Waals surface area contributed by atoms with Gasteiger partial charge in [0.15, 0.2) is 6.23 Å². The molecular formula is C20H29N3O3. The van der Waals surface area contributed by atoms with Crippen LogP contribution >= 0.6 is 0 Å². The number of aromatic nitrogens is 2. The van der Waals surface area contributed by atoms with E-state index in [0.29, 0.717) is 6.10 Å². The van der Waals surface area contributed by atoms with Crippen molar-refractivity contribution >= 4 is 0 Å². The fourth-order valence-corrected chi connectivity index (χ4v) is 3.92. The van der Waals surface area contributed by atoms with Crippen molar-refractivity contribution in [3.63, 3.8) is 0 Å². The van der Waals surface area contributed by atoms with E-state index in [1.807, 2.05) is 19.2 Å². The van der Waals surface area contributed by atoms with Crippen LogP contribution in [0.3, 0.4) is 0 Å². The Labute approximate surface area is 155 Å². The lowest BCUT2D eigenvalue weighted by Gasteiger charge is -2.28. The normalized spacial score (nSPS) is 23.8. The van der Waals surface area contributed by atoms with Crippen molar-refractivity contribution in [3.8, 4) is 0 Å². The van der Waals surface area contributed by atoms with Crippen molar-refractivity contribution in [1.82, 2.24) is 14.7 Å². The summed E-state index contributed by atoms with van der Waals surface area (Å²) in [6, 6.07) is 6.20. The molecule has 0 N–H and O–H groups in total. The zero-order valence-electron chi connectivity index (χ0n) is 15.6. The van der Waals surface area contributed by atoms with Crippen LogP contribution in [0.4, 0.5) is 0 Å². The largest absolute Gasteiger partial charge is 0.465 e. The fourth-order valence-electron chi connectivity index (χ4n) is 3.92. The third-order valence-corrected chi connectivity index (χ3v) is 5.23. The molecule has 2 atom stereocenters. The molecule has 142 valence electrons. The van der Waals surface area contributed by atoms with Gasteiger partial charge in [0.2, 0.25) is 0 Å². The number of furan rings is 1. The molecule has 6 heteroatoms. The molecule has 0 saturated carbocycles. The van der Waals surface area contributed by atoms with Gasteiger partial charge in [-0.15, -0.1) is 0 Å². The molecule has 2 aromatic heterocycles. The van der Waals surface area contributed by atoms with Crippen LogP contribution in [0.1, 0.15) is 55.5 Å². The second kappa shape index (κ2) is 8.37. The van der Waals surface area contributed by atoms with Gasteiger partial charge in [-0.3, -0.25) is 4.90 Å². The molecule has 0 aliphatic carbocycles. The van der Waals surface area contributed by atoms with Crippen molar-refractivity contribution < 1.29 is 13.9 Å². The molecule has 4 rings (SSSR count). The summed E-state index contributed by atoms with van der Waals surface area (Å²) in [6.45, 7) is 6.21. The van der Waals surface area contributed by atoms with E-state index in [4.69, 9.17) is 13.9 Å². The van der Waals surface area contributed by atoms with Crippen LogP contribution in [0.5, 0.6) is 0 Å². The van der Waals surface area contributed by atoms with Crippen LogP contribution in [0.15, 0.2) is 28.8 Å². The number of ether oxygens (including phenoxy) is 2. The van der Waals surface area contributed by atoms with E-state index in [0.717, 1.165) is 70.1 Å². The SMILES string of the molecule is Cc1ccc(CN(Cc2ccnn2C2CCCCO2)CC2CCCO2)o1. The number of rotatable bonds is 7. The van der Waals surface area contributed by atoms with Crippen LogP contribution in [0, 0.1) is 6.92 Å². The summed E-state index contributed by atoms with van der Waals surface area (Å²) in [6.07, 6.45) is 7.96. The van der Waals surface area contributed by atoms with Gasteiger partial charge in [-0.1, -0.05) is 0 Å². The first-order valence-electron chi connectivity index (χ1n) is 9.81. The van der Waals surface area contributed by atoms with Crippen LogP contribution in [0.2, 0.25) is 0 Å². The Morgan fingerprint density at radius 1 is 1.08 bits per heavy atom. The maximum absolute atomic E-state index is 5.94. The summed E-state index contributed by atoms with van der Waals surface area (Å²) in [5, 5.41) is 4.55. The third-order valence-electron chi connectivity index (χ3n) is 5.23. The Balaban J connectivity index is 1.47. The summed E-state index contributed by atoms with van der Waals surface area (Å²) < 4.78 is 19.7.